The van der Waals surface area contributed by atoms with Crippen LogP contribution in [0.5, 0.6) is 0 Å². The normalized spacial score (nSPS) is 21.4. The third kappa shape index (κ3) is 5.33. The number of carbonyl (C=O) groups excluding carboxylic acids is 3. The van der Waals surface area contributed by atoms with Crippen LogP contribution in [0, 0.1) is 5.92 Å². The molecule has 2 unspecified atom stereocenters. The van der Waals surface area contributed by atoms with E-state index in [0.717, 1.165) is 18.4 Å². The molecule has 2 aromatic rings. The minimum absolute atomic E-state index is 0.0637. The van der Waals surface area contributed by atoms with Crippen LogP contribution in [0.25, 0.3) is 10.9 Å². The molecule has 1 fully saturated rings. The number of nitrogens with one attached hydrogen (secondary N) is 3. The molecule has 2 heterocycles. The van der Waals surface area contributed by atoms with Gasteiger partial charge in [0.2, 0.25) is 5.91 Å². The summed E-state index contributed by atoms with van der Waals surface area (Å²) in [6.07, 6.45) is 6.28. The van der Waals surface area contributed by atoms with Crippen molar-refractivity contribution < 1.29 is 14.4 Å². The number of aromatic amines is 1. The van der Waals surface area contributed by atoms with Gasteiger partial charge in [0.05, 0.1) is 12.5 Å². The van der Waals surface area contributed by atoms with Crippen LogP contribution in [0.2, 0.25) is 0 Å². The largest absolute Gasteiger partial charge is 0.361 e. The lowest BCUT2D eigenvalue weighted by Crippen LogP contribution is -2.55. The van der Waals surface area contributed by atoms with E-state index < -0.39 is 0 Å². The summed E-state index contributed by atoms with van der Waals surface area (Å²) in [5, 5.41) is 7.16. The van der Waals surface area contributed by atoms with E-state index >= 15 is 0 Å². The zero-order chi connectivity index (χ0) is 24.9. The highest BCUT2D eigenvalue weighted by Crippen LogP contribution is 2.45. The van der Waals surface area contributed by atoms with Crippen molar-refractivity contribution in [1.82, 2.24) is 25.4 Å². The summed E-state index contributed by atoms with van der Waals surface area (Å²) in [6.45, 7) is 10.3. The second-order valence-electron chi connectivity index (χ2n) is 9.69. The zero-order valence-corrected chi connectivity index (χ0v) is 20.8. The molecule has 1 aromatic carbocycles. The van der Waals surface area contributed by atoms with Crippen LogP contribution in [-0.2, 0) is 16.0 Å². The number of benzene rings is 1. The van der Waals surface area contributed by atoms with E-state index in [1.54, 1.807) is 0 Å². The second kappa shape index (κ2) is 11.2. The summed E-state index contributed by atoms with van der Waals surface area (Å²) < 4.78 is 0. The highest BCUT2D eigenvalue weighted by molar-refractivity contribution is 5.96. The Kier molecular flexibility index (Phi) is 8.03. The molecule has 8 nitrogen and oxygen atoms in total. The molecule has 0 radical (unpaired) electrons. The molecular formula is C27H37N5O3. The second-order valence-corrected chi connectivity index (χ2v) is 9.69. The maximum absolute atomic E-state index is 13.8. The molecule has 0 spiro atoms. The number of H-pyrrole nitrogens is 1. The molecule has 8 heteroatoms. The molecule has 1 aromatic heterocycles. The Morgan fingerprint density at radius 1 is 1.31 bits per heavy atom. The van der Waals surface area contributed by atoms with E-state index in [1.165, 1.54) is 28.3 Å². The summed E-state index contributed by atoms with van der Waals surface area (Å²) in [4.78, 5) is 45.0. The first-order chi connectivity index (χ1) is 16.9. The van der Waals surface area contributed by atoms with Crippen LogP contribution < -0.4 is 10.6 Å². The van der Waals surface area contributed by atoms with Crippen LogP contribution >= 0.6 is 0 Å². The number of urea groups is 1. The first-order valence-corrected chi connectivity index (χ1v) is 12.7. The highest BCUT2D eigenvalue weighted by Gasteiger charge is 2.43. The number of nitrogens with zero attached hydrogens (tertiary/aromatic N) is 2. The van der Waals surface area contributed by atoms with Crippen molar-refractivity contribution in [2.75, 3.05) is 39.3 Å². The first-order valence-electron chi connectivity index (χ1n) is 12.7. The summed E-state index contributed by atoms with van der Waals surface area (Å²) in [5.74, 6) is -0.117. The number of likely N-dealkylation sites (tertiary alicyclic amines) is 1. The van der Waals surface area contributed by atoms with E-state index in [0.29, 0.717) is 51.7 Å². The molecule has 35 heavy (non-hydrogen) atoms. The van der Waals surface area contributed by atoms with E-state index in [4.69, 9.17) is 0 Å². The van der Waals surface area contributed by atoms with Gasteiger partial charge < -0.3 is 15.6 Å². The average Bonchev–Trinajstić information content (AvgIpc) is 3.25. The molecule has 3 N–H and O–H groups in total. The van der Waals surface area contributed by atoms with Gasteiger partial charge in [0, 0.05) is 55.2 Å². The van der Waals surface area contributed by atoms with E-state index in [9.17, 15) is 14.4 Å². The van der Waals surface area contributed by atoms with Crippen LogP contribution in [-0.4, -0.2) is 77.8 Å². The van der Waals surface area contributed by atoms with Crippen molar-refractivity contribution >= 4 is 28.6 Å². The van der Waals surface area contributed by atoms with Gasteiger partial charge in [-0.15, -0.1) is 6.58 Å². The van der Waals surface area contributed by atoms with E-state index in [2.05, 4.69) is 51.5 Å². The van der Waals surface area contributed by atoms with Crippen LogP contribution in [0.1, 0.15) is 43.7 Å². The molecule has 3 atom stereocenters. The fourth-order valence-corrected chi connectivity index (χ4v) is 5.76. The molecule has 1 aliphatic heterocycles. The van der Waals surface area contributed by atoms with Gasteiger partial charge in [0.25, 0.3) is 0 Å². The minimum Gasteiger partial charge on any atom is -0.361 e. The number of Topliss-reactive ketones (excluding diaryl/α,β-unsaturated/α-hetero) is 1. The Bertz CT molecular complexity index is 1090. The molecular weight excluding hydrogens is 442 g/mol. The topological polar surface area (TPSA) is 97.5 Å². The Labute approximate surface area is 207 Å². The van der Waals surface area contributed by atoms with Gasteiger partial charge in [-0.2, -0.15) is 0 Å². The lowest BCUT2D eigenvalue weighted by molar-refractivity contribution is -0.135. The Morgan fingerprint density at radius 2 is 2.14 bits per heavy atom. The Morgan fingerprint density at radius 3 is 2.89 bits per heavy atom. The van der Waals surface area contributed by atoms with Crippen molar-refractivity contribution in [3.05, 3.63) is 48.2 Å². The third-order valence-electron chi connectivity index (χ3n) is 7.24. The first kappa shape index (κ1) is 25.1. The standard InChI is InChI=1S/C27H37N5O3/c1-4-11-31-17-20(26(34)32(27(35)29-5-2)12-7-10-28-15-18(3)33)13-22-21-8-6-9-23-25(21)19(16-30-23)14-24(22)31/h4,6,8-9,16,20,22,24,28,30H,1,5,7,10-15,17H2,2-3H3,(H,29,35)/t20-,22?,24?/m1/s1. The minimum atomic E-state index is -0.347. The van der Waals surface area contributed by atoms with Gasteiger partial charge in [-0.25, -0.2) is 4.79 Å². The fraction of sp³-hybridized carbons (Fsp3) is 0.519. The summed E-state index contributed by atoms with van der Waals surface area (Å²) >= 11 is 0. The van der Waals surface area contributed by atoms with Crippen molar-refractivity contribution in [3.8, 4) is 0 Å². The lowest BCUT2D eigenvalue weighted by Gasteiger charge is -2.47. The van der Waals surface area contributed by atoms with Crippen LogP contribution in [0.15, 0.2) is 37.1 Å². The molecule has 188 valence electrons. The lowest BCUT2D eigenvalue weighted by atomic mass is 9.72. The van der Waals surface area contributed by atoms with Gasteiger partial charge in [-0.05, 0) is 56.8 Å². The molecule has 0 bridgehead atoms. The van der Waals surface area contributed by atoms with Gasteiger partial charge >= 0.3 is 6.03 Å². The average molecular weight is 480 g/mol. The number of imide groups is 1. The van der Waals surface area contributed by atoms with Crippen molar-refractivity contribution in [2.24, 2.45) is 5.92 Å². The number of fused-ring (bicyclic) bond motifs is 2. The van der Waals surface area contributed by atoms with Crippen molar-refractivity contribution in [3.63, 3.8) is 0 Å². The quantitative estimate of drug-likeness (QED) is 0.360. The maximum Gasteiger partial charge on any atom is 0.324 e. The van der Waals surface area contributed by atoms with E-state index in [1.807, 2.05) is 13.0 Å². The fourth-order valence-electron chi connectivity index (χ4n) is 5.76. The van der Waals surface area contributed by atoms with Crippen molar-refractivity contribution in [1.29, 1.82) is 0 Å². The summed E-state index contributed by atoms with van der Waals surface area (Å²) in [5.41, 5.74) is 3.76. The molecule has 0 saturated carbocycles. The van der Waals surface area contributed by atoms with Crippen LogP contribution in [0.4, 0.5) is 4.79 Å². The number of hydrogen-bond donors (Lipinski definition) is 3. The van der Waals surface area contributed by atoms with Gasteiger partial charge in [0.15, 0.2) is 0 Å². The predicted molar refractivity (Wildman–Crippen MR) is 137 cm³/mol. The van der Waals surface area contributed by atoms with Gasteiger partial charge in [-0.1, -0.05) is 18.2 Å². The number of ketones is 1. The van der Waals surface area contributed by atoms with E-state index in [-0.39, 0.29) is 29.6 Å². The highest BCUT2D eigenvalue weighted by atomic mass is 16.2. The Balaban J connectivity index is 1.55. The maximum atomic E-state index is 13.8. The SMILES string of the molecule is C=CCN1C[C@H](C(=O)N(CCCNCC(C)=O)C(=O)NCC)CC2c3cccc4[nH]cc(c34)CC21. The van der Waals surface area contributed by atoms with Crippen molar-refractivity contribution in [2.45, 2.75) is 45.1 Å². The molecule has 1 aliphatic carbocycles. The number of aromatic nitrogens is 1. The zero-order valence-electron chi connectivity index (χ0n) is 20.8. The monoisotopic (exact) mass is 479 g/mol. The number of rotatable bonds is 10. The van der Waals surface area contributed by atoms with Crippen LogP contribution in [0.3, 0.4) is 0 Å². The molecule has 2 aliphatic rings. The number of carbonyl (C=O) groups is 3. The summed E-state index contributed by atoms with van der Waals surface area (Å²) in [6, 6.07) is 6.34. The number of amides is 3. The predicted octanol–water partition coefficient (Wildman–Crippen LogP) is 2.81. The molecule has 3 amide bonds. The number of hydrogen-bond acceptors (Lipinski definition) is 5. The number of piperidine rings is 1. The third-order valence-corrected chi connectivity index (χ3v) is 7.24. The Hall–Kier alpha value is -2.97. The smallest absolute Gasteiger partial charge is 0.324 e. The summed E-state index contributed by atoms with van der Waals surface area (Å²) in [7, 11) is 0. The molecule has 4 rings (SSSR count). The van der Waals surface area contributed by atoms with Gasteiger partial charge in [0.1, 0.15) is 5.78 Å². The van der Waals surface area contributed by atoms with Gasteiger partial charge in [-0.3, -0.25) is 19.4 Å². The molecule has 1 saturated heterocycles.